The third-order valence-corrected chi connectivity index (χ3v) is 4.76. The number of pyridine rings is 2. The number of amides is 1. The molecule has 28 heavy (non-hydrogen) atoms. The predicted octanol–water partition coefficient (Wildman–Crippen LogP) is 3.21. The van der Waals surface area contributed by atoms with Crippen molar-refractivity contribution in [3.8, 4) is 0 Å². The highest BCUT2D eigenvalue weighted by molar-refractivity contribution is 5.76. The first kappa shape index (κ1) is 19.5. The third-order valence-electron chi connectivity index (χ3n) is 4.76. The van der Waals surface area contributed by atoms with Crippen LogP contribution in [0, 0.1) is 6.92 Å². The summed E-state index contributed by atoms with van der Waals surface area (Å²) in [6.07, 6.45) is 2.80. The maximum absolute atomic E-state index is 12.9. The van der Waals surface area contributed by atoms with Gasteiger partial charge in [-0.3, -0.25) is 14.6 Å². The van der Waals surface area contributed by atoms with Gasteiger partial charge in [-0.25, -0.2) is 0 Å². The highest BCUT2D eigenvalue weighted by Gasteiger charge is 2.15. The van der Waals surface area contributed by atoms with E-state index in [1.807, 2.05) is 54.3 Å². The molecule has 0 spiro atoms. The number of aromatic nitrogens is 2. The molecule has 0 atom stereocenters. The molecular formula is C23H25N3O2. The smallest absolute Gasteiger partial charge is 0.250 e. The summed E-state index contributed by atoms with van der Waals surface area (Å²) >= 11 is 0. The Morgan fingerprint density at radius 1 is 1.00 bits per heavy atom. The zero-order valence-electron chi connectivity index (χ0n) is 16.1. The van der Waals surface area contributed by atoms with Gasteiger partial charge in [0.05, 0.1) is 12.2 Å². The van der Waals surface area contributed by atoms with E-state index >= 15 is 0 Å². The maximum Gasteiger partial charge on any atom is 0.250 e. The van der Waals surface area contributed by atoms with E-state index in [-0.39, 0.29) is 17.9 Å². The first-order valence-corrected chi connectivity index (χ1v) is 9.51. The second-order valence-electron chi connectivity index (χ2n) is 6.78. The summed E-state index contributed by atoms with van der Waals surface area (Å²) in [5, 5.41) is 0. The molecule has 0 aliphatic heterocycles. The van der Waals surface area contributed by atoms with E-state index in [2.05, 4.69) is 17.1 Å². The summed E-state index contributed by atoms with van der Waals surface area (Å²) in [4.78, 5) is 31.2. The van der Waals surface area contributed by atoms with E-state index in [0.29, 0.717) is 19.6 Å². The minimum Gasteiger partial charge on any atom is -0.336 e. The van der Waals surface area contributed by atoms with Crippen molar-refractivity contribution < 1.29 is 4.79 Å². The molecular weight excluding hydrogens is 350 g/mol. The molecule has 0 saturated heterocycles. The highest BCUT2D eigenvalue weighted by Crippen LogP contribution is 2.08. The number of hydrogen-bond acceptors (Lipinski definition) is 3. The normalized spacial score (nSPS) is 10.6. The monoisotopic (exact) mass is 375 g/mol. The Morgan fingerprint density at radius 3 is 2.50 bits per heavy atom. The van der Waals surface area contributed by atoms with E-state index in [1.165, 1.54) is 11.6 Å². The van der Waals surface area contributed by atoms with Gasteiger partial charge in [0, 0.05) is 37.5 Å². The molecule has 5 nitrogen and oxygen atoms in total. The standard InChI is InChI=1S/C23H25N3O2/c1-19-8-7-12-23(28)26(19)17-14-22(27)25(18-21-11-5-6-15-24-21)16-13-20-9-3-2-4-10-20/h2-12,15H,13-14,16-18H2,1H3. The molecule has 0 aliphatic rings. The zero-order valence-corrected chi connectivity index (χ0v) is 16.1. The van der Waals surface area contributed by atoms with E-state index in [9.17, 15) is 9.59 Å². The molecule has 0 N–H and O–H groups in total. The van der Waals surface area contributed by atoms with Crippen molar-refractivity contribution in [3.63, 3.8) is 0 Å². The Balaban J connectivity index is 1.69. The van der Waals surface area contributed by atoms with Crippen molar-refractivity contribution in [3.05, 3.63) is 100 Å². The summed E-state index contributed by atoms with van der Waals surface area (Å²) in [5.41, 5.74) is 2.84. The number of hydrogen-bond donors (Lipinski definition) is 0. The first-order chi connectivity index (χ1) is 13.6. The average Bonchev–Trinajstić information content (AvgIpc) is 2.72. The number of aryl methyl sites for hydroxylation is 1. The maximum atomic E-state index is 12.9. The fourth-order valence-corrected chi connectivity index (χ4v) is 3.16. The van der Waals surface area contributed by atoms with Crippen LogP contribution >= 0.6 is 0 Å². The minimum absolute atomic E-state index is 0.0248. The lowest BCUT2D eigenvalue weighted by molar-refractivity contribution is -0.132. The van der Waals surface area contributed by atoms with Gasteiger partial charge in [0.25, 0.3) is 5.56 Å². The molecule has 2 heterocycles. The first-order valence-electron chi connectivity index (χ1n) is 9.51. The second kappa shape index (κ2) is 9.65. The molecule has 5 heteroatoms. The van der Waals surface area contributed by atoms with Crippen molar-refractivity contribution in [1.29, 1.82) is 0 Å². The summed E-state index contributed by atoms with van der Waals surface area (Å²) in [6, 6.07) is 21.0. The second-order valence-corrected chi connectivity index (χ2v) is 6.78. The van der Waals surface area contributed by atoms with Gasteiger partial charge < -0.3 is 9.47 Å². The summed E-state index contributed by atoms with van der Waals surface area (Å²) in [7, 11) is 0. The summed E-state index contributed by atoms with van der Waals surface area (Å²) < 4.78 is 1.65. The van der Waals surface area contributed by atoms with E-state index < -0.39 is 0 Å². The van der Waals surface area contributed by atoms with E-state index in [4.69, 9.17) is 0 Å². The van der Waals surface area contributed by atoms with Crippen molar-refractivity contribution in [2.45, 2.75) is 32.9 Å². The Hall–Kier alpha value is -3.21. The topological polar surface area (TPSA) is 55.2 Å². The molecule has 3 rings (SSSR count). The van der Waals surface area contributed by atoms with Crippen LogP contribution in [0.3, 0.4) is 0 Å². The Labute approximate surface area is 165 Å². The molecule has 1 aromatic carbocycles. The fraction of sp³-hybridized carbons (Fsp3) is 0.261. The molecule has 2 aromatic heterocycles. The van der Waals surface area contributed by atoms with Crippen LogP contribution < -0.4 is 5.56 Å². The van der Waals surface area contributed by atoms with Crippen LogP contribution in [-0.4, -0.2) is 26.9 Å². The number of carbonyl (C=O) groups excluding carboxylic acids is 1. The molecule has 0 aliphatic carbocycles. The largest absolute Gasteiger partial charge is 0.336 e. The molecule has 144 valence electrons. The van der Waals surface area contributed by atoms with Crippen molar-refractivity contribution in [2.24, 2.45) is 0 Å². The van der Waals surface area contributed by atoms with Gasteiger partial charge in [0.1, 0.15) is 0 Å². The lowest BCUT2D eigenvalue weighted by atomic mass is 10.1. The van der Waals surface area contributed by atoms with Gasteiger partial charge >= 0.3 is 0 Å². The number of benzene rings is 1. The average molecular weight is 375 g/mol. The molecule has 0 radical (unpaired) electrons. The molecule has 0 unspecified atom stereocenters. The van der Waals surface area contributed by atoms with Crippen molar-refractivity contribution >= 4 is 5.91 Å². The number of carbonyl (C=O) groups is 1. The van der Waals surface area contributed by atoms with Gasteiger partial charge in [0.15, 0.2) is 0 Å². The van der Waals surface area contributed by atoms with Crippen LogP contribution in [0.15, 0.2) is 77.7 Å². The Bertz CT molecular complexity index is 952. The van der Waals surface area contributed by atoms with Gasteiger partial charge in [0.2, 0.25) is 5.91 Å². The summed E-state index contributed by atoms with van der Waals surface area (Å²) in [5.74, 6) is 0.0248. The SMILES string of the molecule is Cc1cccc(=O)n1CCC(=O)N(CCc1ccccc1)Cc1ccccn1. The van der Waals surface area contributed by atoms with Gasteiger partial charge in [-0.2, -0.15) is 0 Å². The lowest BCUT2D eigenvalue weighted by Gasteiger charge is -2.23. The molecule has 0 fully saturated rings. The van der Waals surface area contributed by atoms with Gasteiger partial charge in [-0.15, -0.1) is 0 Å². The molecule has 3 aromatic rings. The Morgan fingerprint density at radius 2 is 1.79 bits per heavy atom. The van der Waals surface area contributed by atoms with Crippen LogP contribution in [0.25, 0.3) is 0 Å². The van der Waals surface area contributed by atoms with Crippen LogP contribution in [0.5, 0.6) is 0 Å². The van der Waals surface area contributed by atoms with Crippen LogP contribution in [0.2, 0.25) is 0 Å². The minimum atomic E-state index is -0.0756. The predicted molar refractivity (Wildman–Crippen MR) is 110 cm³/mol. The van der Waals surface area contributed by atoms with Crippen LogP contribution in [0.4, 0.5) is 0 Å². The third kappa shape index (κ3) is 5.39. The van der Waals surface area contributed by atoms with Gasteiger partial charge in [-0.05, 0) is 37.1 Å². The highest BCUT2D eigenvalue weighted by atomic mass is 16.2. The number of nitrogens with zero attached hydrogens (tertiary/aromatic N) is 3. The lowest BCUT2D eigenvalue weighted by Crippen LogP contribution is -2.34. The molecule has 0 bridgehead atoms. The quantitative estimate of drug-likeness (QED) is 0.607. The van der Waals surface area contributed by atoms with Crippen molar-refractivity contribution in [2.75, 3.05) is 6.54 Å². The van der Waals surface area contributed by atoms with Crippen molar-refractivity contribution in [1.82, 2.24) is 14.5 Å². The number of rotatable bonds is 8. The van der Waals surface area contributed by atoms with Crippen LogP contribution in [-0.2, 0) is 24.3 Å². The molecule has 0 saturated carbocycles. The zero-order chi connectivity index (χ0) is 19.8. The summed E-state index contributed by atoms with van der Waals surface area (Å²) in [6.45, 7) is 3.35. The van der Waals surface area contributed by atoms with E-state index in [0.717, 1.165) is 17.8 Å². The van der Waals surface area contributed by atoms with Crippen LogP contribution in [0.1, 0.15) is 23.4 Å². The molecule has 1 amide bonds. The Kier molecular flexibility index (Phi) is 6.73. The van der Waals surface area contributed by atoms with E-state index in [1.54, 1.807) is 16.8 Å². The fourth-order valence-electron chi connectivity index (χ4n) is 3.16. The van der Waals surface area contributed by atoms with Gasteiger partial charge in [-0.1, -0.05) is 42.5 Å².